The molecule has 1 N–H and O–H groups in total. The van der Waals surface area contributed by atoms with E-state index >= 15 is 0 Å². The van der Waals surface area contributed by atoms with E-state index < -0.39 is 0 Å². The summed E-state index contributed by atoms with van der Waals surface area (Å²) in [6.07, 6.45) is 0.682. The van der Waals surface area contributed by atoms with Gasteiger partial charge in [-0.2, -0.15) is 0 Å². The van der Waals surface area contributed by atoms with Gasteiger partial charge in [-0.3, -0.25) is 0 Å². The van der Waals surface area contributed by atoms with Gasteiger partial charge >= 0.3 is 0 Å². The standard InChI is InChI=1S/C11H12FN/c1-13-9-3-2-4-10-5-7-11(12)8-6-10/h5-8,13H,4,9H2,1H3. The van der Waals surface area contributed by atoms with Gasteiger partial charge in [0.05, 0.1) is 6.54 Å². The number of hydrogen-bond acceptors (Lipinski definition) is 1. The van der Waals surface area contributed by atoms with Crippen LogP contribution in [-0.4, -0.2) is 13.6 Å². The third-order valence-electron chi connectivity index (χ3n) is 1.60. The summed E-state index contributed by atoms with van der Waals surface area (Å²) in [7, 11) is 1.85. The van der Waals surface area contributed by atoms with Crippen molar-refractivity contribution >= 4 is 0 Å². The van der Waals surface area contributed by atoms with E-state index in [0.29, 0.717) is 13.0 Å². The van der Waals surface area contributed by atoms with Crippen LogP contribution < -0.4 is 5.32 Å². The normalized spacial score (nSPS) is 9.08. The molecule has 0 fully saturated rings. The zero-order valence-electron chi connectivity index (χ0n) is 7.60. The first-order chi connectivity index (χ1) is 6.33. The van der Waals surface area contributed by atoms with E-state index in [4.69, 9.17) is 0 Å². The Hall–Kier alpha value is -1.33. The van der Waals surface area contributed by atoms with Gasteiger partial charge in [0.1, 0.15) is 5.82 Å². The first-order valence-corrected chi connectivity index (χ1v) is 4.17. The lowest BCUT2D eigenvalue weighted by Gasteiger charge is -1.93. The lowest BCUT2D eigenvalue weighted by molar-refractivity contribution is 0.627. The zero-order valence-corrected chi connectivity index (χ0v) is 7.60. The Morgan fingerprint density at radius 1 is 1.23 bits per heavy atom. The number of hydrogen-bond donors (Lipinski definition) is 1. The summed E-state index contributed by atoms with van der Waals surface area (Å²) in [5.41, 5.74) is 1.05. The third-order valence-corrected chi connectivity index (χ3v) is 1.60. The van der Waals surface area contributed by atoms with Crippen molar-refractivity contribution in [3.8, 4) is 11.8 Å². The fourth-order valence-electron chi connectivity index (χ4n) is 0.918. The van der Waals surface area contributed by atoms with Gasteiger partial charge in [0.25, 0.3) is 0 Å². The molecular formula is C11H12FN. The smallest absolute Gasteiger partial charge is 0.123 e. The van der Waals surface area contributed by atoms with Crippen molar-refractivity contribution in [1.29, 1.82) is 0 Å². The van der Waals surface area contributed by atoms with Crippen molar-refractivity contribution in [3.63, 3.8) is 0 Å². The molecule has 0 aliphatic carbocycles. The average Bonchev–Trinajstić information content (AvgIpc) is 2.15. The molecule has 0 aliphatic heterocycles. The van der Waals surface area contributed by atoms with Crippen LogP contribution in [0.25, 0.3) is 0 Å². The van der Waals surface area contributed by atoms with Gasteiger partial charge in [0.2, 0.25) is 0 Å². The highest BCUT2D eigenvalue weighted by molar-refractivity contribution is 5.21. The SMILES string of the molecule is CNCC#CCc1ccc(F)cc1. The van der Waals surface area contributed by atoms with E-state index in [-0.39, 0.29) is 5.82 Å². The fourth-order valence-corrected chi connectivity index (χ4v) is 0.918. The topological polar surface area (TPSA) is 12.0 Å². The van der Waals surface area contributed by atoms with Gasteiger partial charge in [0.15, 0.2) is 0 Å². The molecule has 0 radical (unpaired) electrons. The van der Waals surface area contributed by atoms with Gasteiger partial charge in [-0.15, -0.1) is 0 Å². The molecule has 0 saturated heterocycles. The lowest BCUT2D eigenvalue weighted by Crippen LogP contribution is -2.04. The molecule has 1 rings (SSSR count). The first-order valence-electron chi connectivity index (χ1n) is 4.17. The average molecular weight is 177 g/mol. The van der Waals surface area contributed by atoms with E-state index in [1.165, 1.54) is 12.1 Å². The first kappa shape index (κ1) is 9.76. The van der Waals surface area contributed by atoms with Crippen LogP contribution in [0.5, 0.6) is 0 Å². The Kier molecular flexibility index (Phi) is 4.01. The summed E-state index contributed by atoms with van der Waals surface area (Å²) < 4.78 is 12.5. The molecule has 1 nitrogen and oxygen atoms in total. The van der Waals surface area contributed by atoms with Crippen molar-refractivity contribution in [3.05, 3.63) is 35.6 Å². The van der Waals surface area contributed by atoms with Crippen LogP contribution in [0.2, 0.25) is 0 Å². The molecule has 0 heterocycles. The summed E-state index contributed by atoms with van der Waals surface area (Å²) in [5.74, 6) is 5.73. The maximum atomic E-state index is 12.5. The Labute approximate surface area is 78.0 Å². The third kappa shape index (κ3) is 3.73. The molecule has 0 spiro atoms. The van der Waals surface area contributed by atoms with E-state index in [9.17, 15) is 4.39 Å². The summed E-state index contributed by atoms with van der Waals surface area (Å²) in [6.45, 7) is 0.696. The highest BCUT2D eigenvalue weighted by Gasteiger charge is 1.89. The Morgan fingerprint density at radius 3 is 2.54 bits per heavy atom. The predicted octanol–water partition coefficient (Wildman–Crippen LogP) is 1.59. The predicted molar refractivity (Wildman–Crippen MR) is 51.8 cm³/mol. The summed E-state index contributed by atoms with van der Waals surface area (Å²) in [6, 6.07) is 6.41. The molecular weight excluding hydrogens is 165 g/mol. The maximum absolute atomic E-state index is 12.5. The zero-order chi connectivity index (χ0) is 9.52. The van der Waals surface area contributed by atoms with Gasteiger partial charge < -0.3 is 5.32 Å². The molecule has 0 aromatic heterocycles. The van der Waals surface area contributed by atoms with E-state index in [1.807, 2.05) is 7.05 Å². The minimum Gasteiger partial charge on any atom is -0.309 e. The molecule has 0 atom stereocenters. The molecule has 0 saturated carbocycles. The minimum atomic E-state index is -0.202. The number of nitrogens with one attached hydrogen (secondary N) is 1. The Bertz CT molecular complexity index is 305. The van der Waals surface area contributed by atoms with Crippen molar-refractivity contribution in [2.24, 2.45) is 0 Å². The number of benzene rings is 1. The molecule has 13 heavy (non-hydrogen) atoms. The molecule has 1 aromatic rings. The van der Waals surface area contributed by atoms with Gasteiger partial charge in [0, 0.05) is 6.42 Å². The fraction of sp³-hybridized carbons (Fsp3) is 0.273. The Balaban J connectivity index is 2.47. The monoisotopic (exact) mass is 177 g/mol. The van der Waals surface area contributed by atoms with E-state index in [1.54, 1.807) is 12.1 Å². The molecule has 0 aliphatic rings. The second-order valence-electron chi connectivity index (χ2n) is 2.69. The molecule has 1 aromatic carbocycles. The molecule has 2 heteroatoms. The Morgan fingerprint density at radius 2 is 1.92 bits per heavy atom. The van der Waals surface area contributed by atoms with Crippen LogP contribution in [0.4, 0.5) is 4.39 Å². The summed E-state index contributed by atoms with van der Waals surface area (Å²) in [5, 5.41) is 2.93. The second kappa shape index (κ2) is 5.34. The quantitative estimate of drug-likeness (QED) is 0.676. The van der Waals surface area contributed by atoms with Crippen molar-refractivity contribution in [1.82, 2.24) is 5.32 Å². The van der Waals surface area contributed by atoms with Crippen LogP contribution in [0.3, 0.4) is 0 Å². The highest BCUT2D eigenvalue weighted by atomic mass is 19.1. The van der Waals surface area contributed by atoms with Crippen LogP contribution in [0.1, 0.15) is 5.56 Å². The van der Waals surface area contributed by atoms with Gasteiger partial charge in [-0.25, -0.2) is 4.39 Å². The van der Waals surface area contributed by atoms with Crippen molar-refractivity contribution in [2.45, 2.75) is 6.42 Å². The number of halogens is 1. The van der Waals surface area contributed by atoms with Crippen LogP contribution in [0, 0.1) is 17.7 Å². The summed E-state index contributed by atoms with van der Waals surface area (Å²) in [4.78, 5) is 0. The minimum absolute atomic E-state index is 0.202. The number of rotatable bonds is 2. The molecule has 0 unspecified atom stereocenters. The molecule has 68 valence electrons. The van der Waals surface area contributed by atoms with E-state index in [2.05, 4.69) is 17.2 Å². The molecule has 0 bridgehead atoms. The van der Waals surface area contributed by atoms with E-state index in [0.717, 1.165) is 5.56 Å². The lowest BCUT2D eigenvalue weighted by atomic mass is 10.1. The summed E-state index contributed by atoms with van der Waals surface area (Å²) >= 11 is 0. The van der Waals surface area contributed by atoms with Crippen LogP contribution >= 0.6 is 0 Å². The van der Waals surface area contributed by atoms with Crippen molar-refractivity contribution in [2.75, 3.05) is 13.6 Å². The largest absolute Gasteiger partial charge is 0.309 e. The highest BCUT2D eigenvalue weighted by Crippen LogP contribution is 2.02. The molecule has 0 amide bonds. The van der Waals surface area contributed by atoms with Crippen LogP contribution in [-0.2, 0) is 6.42 Å². The van der Waals surface area contributed by atoms with Crippen molar-refractivity contribution < 1.29 is 4.39 Å². The maximum Gasteiger partial charge on any atom is 0.123 e. The second-order valence-corrected chi connectivity index (χ2v) is 2.69. The van der Waals surface area contributed by atoms with Gasteiger partial charge in [-0.1, -0.05) is 24.0 Å². The van der Waals surface area contributed by atoms with Gasteiger partial charge in [-0.05, 0) is 24.7 Å². The van der Waals surface area contributed by atoms with Crippen LogP contribution in [0.15, 0.2) is 24.3 Å².